The number of pyridine rings is 1. The highest BCUT2D eigenvalue weighted by Crippen LogP contribution is 2.36. The molecule has 2 aliphatic rings. The lowest BCUT2D eigenvalue weighted by Crippen LogP contribution is -2.40. The number of nitrogens with zero attached hydrogens (tertiary/aromatic N) is 4. The van der Waals surface area contributed by atoms with E-state index in [2.05, 4.69) is 14.9 Å². The van der Waals surface area contributed by atoms with Crippen LogP contribution >= 0.6 is 0 Å². The molecule has 1 saturated carbocycles. The van der Waals surface area contributed by atoms with Crippen LogP contribution in [-0.4, -0.2) is 38.8 Å². The predicted molar refractivity (Wildman–Crippen MR) is 91.3 cm³/mol. The lowest BCUT2D eigenvalue weighted by atomic mass is 9.90. The number of hydrogen-bond acceptors (Lipinski definition) is 4. The molecule has 2 aromatic heterocycles. The summed E-state index contributed by atoms with van der Waals surface area (Å²) in [4.78, 5) is 27.7. The van der Waals surface area contributed by atoms with Crippen LogP contribution in [0.15, 0.2) is 30.7 Å². The Labute approximate surface area is 142 Å². The molecule has 1 amide bonds. The standard InChI is InChI=1S/C19H22N4O/c1-13-21-11-17(14-6-8-20-9-7-14)18(22-13)16-3-2-10-23(12-16)19(24)15-4-5-15/h6-9,11,15-16H,2-5,10,12H2,1H3/t16-/m1/s1. The highest BCUT2D eigenvalue weighted by molar-refractivity contribution is 5.81. The summed E-state index contributed by atoms with van der Waals surface area (Å²) in [5, 5.41) is 0. The van der Waals surface area contributed by atoms with Gasteiger partial charge in [-0.2, -0.15) is 0 Å². The molecule has 4 rings (SSSR count). The third-order valence-electron chi connectivity index (χ3n) is 4.98. The highest BCUT2D eigenvalue weighted by Gasteiger charge is 2.36. The fraction of sp³-hybridized carbons (Fsp3) is 0.474. The maximum atomic E-state index is 12.4. The molecule has 0 radical (unpaired) electrons. The van der Waals surface area contributed by atoms with Gasteiger partial charge in [-0.25, -0.2) is 9.97 Å². The molecule has 2 fully saturated rings. The van der Waals surface area contributed by atoms with E-state index in [4.69, 9.17) is 4.98 Å². The monoisotopic (exact) mass is 322 g/mol. The minimum Gasteiger partial charge on any atom is -0.342 e. The van der Waals surface area contributed by atoms with Gasteiger partial charge in [0.15, 0.2) is 0 Å². The third-order valence-corrected chi connectivity index (χ3v) is 4.98. The molecular weight excluding hydrogens is 300 g/mol. The van der Waals surface area contributed by atoms with Crippen molar-refractivity contribution in [1.82, 2.24) is 19.9 Å². The first-order valence-corrected chi connectivity index (χ1v) is 8.75. The van der Waals surface area contributed by atoms with E-state index in [-0.39, 0.29) is 11.8 Å². The molecule has 3 heterocycles. The van der Waals surface area contributed by atoms with Crippen LogP contribution in [0.25, 0.3) is 11.1 Å². The fourth-order valence-corrected chi connectivity index (χ4v) is 3.54. The summed E-state index contributed by atoms with van der Waals surface area (Å²) in [6, 6.07) is 3.99. The Bertz CT molecular complexity index is 742. The molecule has 1 saturated heterocycles. The first kappa shape index (κ1) is 15.2. The second-order valence-corrected chi connectivity index (χ2v) is 6.85. The molecule has 1 aliphatic heterocycles. The number of aromatic nitrogens is 3. The van der Waals surface area contributed by atoms with Gasteiger partial charge in [0, 0.05) is 49.1 Å². The van der Waals surface area contributed by atoms with Crippen LogP contribution in [0.2, 0.25) is 0 Å². The van der Waals surface area contributed by atoms with Crippen molar-refractivity contribution in [2.75, 3.05) is 13.1 Å². The second-order valence-electron chi connectivity index (χ2n) is 6.85. The summed E-state index contributed by atoms with van der Waals surface area (Å²) in [5.41, 5.74) is 3.22. The summed E-state index contributed by atoms with van der Waals surface area (Å²) >= 11 is 0. The zero-order valence-corrected chi connectivity index (χ0v) is 14.0. The van der Waals surface area contributed by atoms with Gasteiger partial charge in [-0.1, -0.05) is 0 Å². The van der Waals surface area contributed by atoms with E-state index in [1.54, 1.807) is 12.4 Å². The number of carbonyl (C=O) groups excluding carboxylic acids is 1. The number of rotatable bonds is 3. The maximum Gasteiger partial charge on any atom is 0.225 e. The van der Waals surface area contributed by atoms with Gasteiger partial charge in [-0.3, -0.25) is 9.78 Å². The zero-order valence-electron chi connectivity index (χ0n) is 14.0. The molecule has 0 N–H and O–H groups in total. The average Bonchev–Trinajstić information content (AvgIpc) is 3.47. The van der Waals surface area contributed by atoms with E-state index < -0.39 is 0 Å². The number of aryl methyl sites for hydroxylation is 1. The van der Waals surface area contributed by atoms with Gasteiger partial charge in [0.1, 0.15) is 5.82 Å². The lowest BCUT2D eigenvalue weighted by Gasteiger charge is -2.33. The minimum atomic E-state index is 0.284. The van der Waals surface area contributed by atoms with E-state index in [0.717, 1.165) is 61.4 Å². The number of likely N-dealkylation sites (tertiary alicyclic amines) is 1. The largest absolute Gasteiger partial charge is 0.342 e. The van der Waals surface area contributed by atoms with Crippen molar-refractivity contribution >= 4 is 5.91 Å². The summed E-state index contributed by atoms with van der Waals surface area (Å²) in [5.74, 6) is 1.70. The molecule has 5 heteroatoms. The van der Waals surface area contributed by atoms with Gasteiger partial charge in [-0.05, 0) is 50.3 Å². The average molecular weight is 322 g/mol. The number of carbonyl (C=O) groups is 1. The van der Waals surface area contributed by atoms with Crippen molar-refractivity contribution in [3.63, 3.8) is 0 Å². The van der Waals surface area contributed by atoms with Gasteiger partial charge < -0.3 is 4.90 Å². The van der Waals surface area contributed by atoms with Crippen molar-refractivity contribution < 1.29 is 4.79 Å². The minimum absolute atomic E-state index is 0.284. The van der Waals surface area contributed by atoms with E-state index in [1.165, 1.54) is 0 Å². The molecule has 1 aliphatic carbocycles. The van der Waals surface area contributed by atoms with Gasteiger partial charge in [0.25, 0.3) is 0 Å². The summed E-state index contributed by atoms with van der Waals surface area (Å²) in [7, 11) is 0. The molecule has 0 aromatic carbocycles. The van der Waals surface area contributed by atoms with Crippen molar-refractivity contribution in [3.8, 4) is 11.1 Å². The summed E-state index contributed by atoms with van der Waals surface area (Å²) in [6.45, 7) is 3.60. The van der Waals surface area contributed by atoms with Crippen molar-refractivity contribution in [3.05, 3.63) is 42.2 Å². The molecule has 124 valence electrons. The van der Waals surface area contributed by atoms with Crippen molar-refractivity contribution in [1.29, 1.82) is 0 Å². The Morgan fingerprint density at radius 3 is 2.75 bits per heavy atom. The lowest BCUT2D eigenvalue weighted by molar-refractivity contribution is -0.133. The van der Waals surface area contributed by atoms with Crippen molar-refractivity contribution in [2.45, 2.75) is 38.5 Å². The van der Waals surface area contributed by atoms with Gasteiger partial charge in [0.05, 0.1) is 5.69 Å². The Morgan fingerprint density at radius 2 is 2.00 bits per heavy atom. The topological polar surface area (TPSA) is 59.0 Å². The molecular formula is C19H22N4O. The Balaban J connectivity index is 1.65. The Kier molecular flexibility index (Phi) is 4.00. The Morgan fingerprint density at radius 1 is 1.21 bits per heavy atom. The maximum absolute atomic E-state index is 12.4. The molecule has 2 aromatic rings. The zero-order chi connectivity index (χ0) is 16.5. The Hall–Kier alpha value is -2.30. The molecule has 0 bridgehead atoms. The molecule has 0 spiro atoms. The normalized spacial score (nSPS) is 20.9. The van der Waals surface area contributed by atoms with Crippen LogP contribution in [0.5, 0.6) is 0 Å². The smallest absolute Gasteiger partial charge is 0.225 e. The van der Waals surface area contributed by atoms with Crippen LogP contribution in [-0.2, 0) is 4.79 Å². The van der Waals surface area contributed by atoms with E-state index in [1.807, 2.05) is 25.3 Å². The molecule has 1 atom stereocenters. The van der Waals surface area contributed by atoms with Crippen LogP contribution < -0.4 is 0 Å². The summed E-state index contributed by atoms with van der Waals surface area (Å²) in [6.07, 6.45) is 9.74. The van der Waals surface area contributed by atoms with Crippen LogP contribution in [0, 0.1) is 12.8 Å². The van der Waals surface area contributed by atoms with Crippen LogP contribution in [0.3, 0.4) is 0 Å². The fourth-order valence-electron chi connectivity index (χ4n) is 3.54. The van der Waals surface area contributed by atoms with Crippen LogP contribution in [0.4, 0.5) is 0 Å². The third kappa shape index (κ3) is 3.03. The van der Waals surface area contributed by atoms with E-state index in [0.29, 0.717) is 5.91 Å². The number of piperidine rings is 1. The number of amides is 1. The molecule has 24 heavy (non-hydrogen) atoms. The molecule has 5 nitrogen and oxygen atoms in total. The number of hydrogen-bond donors (Lipinski definition) is 0. The van der Waals surface area contributed by atoms with Crippen LogP contribution in [0.1, 0.15) is 43.1 Å². The predicted octanol–water partition coefficient (Wildman–Crippen LogP) is 2.96. The first-order valence-electron chi connectivity index (χ1n) is 8.75. The first-order chi connectivity index (χ1) is 11.7. The quantitative estimate of drug-likeness (QED) is 0.872. The van der Waals surface area contributed by atoms with Gasteiger partial charge in [0.2, 0.25) is 5.91 Å². The molecule has 0 unspecified atom stereocenters. The highest BCUT2D eigenvalue weighted by atomic mass is 16.2. The second kappa shape index (κ2) is 6.30. The van der Waals surface area contributed by atoms with Gasteiger partial charge >= 0.3 is 0 Å². The summed E-state index contributed by atoms with van der Waals surface area (Å²) < 4.78 is 0. The van der Waals surface area contributed by atoms with Gasteiger partial charge in [-0.15, -0.1) is 0 Å². The van der Waals surface area contributed by atoms with Crippen molar-refractivity contribution in [2.24, 2.45) is 5.92 Å². The van der Waals surface area contributed by atoms with E-state index >= 15 is 0 Å². The SMILES string of the molecule is Cc1ncc(-c2ccncc2)c([C@@H]2CCCN(C(=O)C3CC3)C2)n1. The van der Waals surface area contributed by atoms with E-state index in [9.17, 15) is 4.79 Å².